The van der Waals surface area contributed by atoms with Crippen LogP contribution >= 0.6 is 11.8 Å². The molecule has 1 N–H and O–H groups in total. The number of carbonyl (C=O) groups excluding carboxylic acids is 4. The molecule has 0 aromatic rings. The second-order valence-electron chi connectivity index (χ2n) is 4.74. The number of nitrogens with one attached hydrogen (secondary N) is 1. The number of ketones is 1. The van der Waals surface area contributed by atoms with E-state index in [-0.39, 0.29) is 30.6 Å². The summed E-state index contributed by atoms with van der Waals surface area (Å²) in [6, 6.07) is -0.588. The smallest absolute Gasteiger partial charge is 0.288 e. The topological polar surface area (TPSA) is 83.6 Å². The number of rotatable bonds is 5. The van der Waals surface area contributed by atoms with Gasteiger partial charge in [0, 0.05) is 12.2 Å². The molecule has 1 unspecified atom stereocenters. The third kappa shape index (κ3) is 4.34. The van der Waals surface area contributed by atoms with E-state index in [4.69, 9.17) is 0 Å². The summed E-state index contributed by atoms with van der Waals surface area (Å²) in [5.74, 6) is -0.559. The van der Waals surface area contributed by atoms with Gasteiger partial charge in [0.05, 0.1) is 6.04 Å². The van der Waals surface area contributed by atoms with Gasteiger partial charge < -0.3 is 5.32 Å². The minimum absolute atomic E-state index is 0.0383. The molecule has 0 aromatic carbocycles. The highest BCUT2D eigenvalue weighted by atomic mass is 32.2. The second kappa shape index (κ2) is 6.70. The monoisotopic (exact) mass is 286 g/mol. The fraction of sp³-hybridized carbons (Fsp3) is 0.667. The summed E-state index contributed by atoms with van der Waals surface area (Å²) in [6.45, 7) is 4.72. The first kappa shape index (κ1) is 15.7. The van der Waals surface area contributed by atoms with Crippen molar-refractivity contribution in [1.82, 2.24) is 10.2 Å². The van der Waals surface area contributed by atoms with Crippen LogP contribution in [0.25, 0.3) is 0 Å². The lowest BCUT2D eigenvalue weighted by molar-refractivity contribution is -0.133. The van der Waals surface area contributed by atoms with Crippen LogP contribution in [0.5, 0.6) is 0 Å². The van der Waals surface area contributed by atoms with Crippen molar-refractivity contribution < 1.29 is 19.2 Å². The second-order valence-corrected chi connectivity index (χ2v) is 5.79. The number of amides is 3. The highest BCUT2D eigenvalue weighted by Gasteiger charge is 2.29. The van der Waals surface area contributed by atoms with Gasteiger partial charge in [-0.05, 0) is 12.8 Å². The summed E-state index contributed by atoms with van der Waals surface area (Å²) >= 11 is 1.02. The van der Waals surface area contributed by atoms with Gasteiger partial charge >= 0.3 is 0 Å². The van der Waals surface area contributed by atoms with E-state index in [9.17, 15) is 19.2 Å². The average Bonchev–Trinajstić information content (AvgIpc) is 2.30. The molecule has 1 rings (SSSR count). The lowest BCUT2D eigenvalue weighted by atomic mass is 10.0. The zero-order valence-electron chi connectivity index (χ0n) is 11.3. The summed E-state index contributed by atoms with van der Waals surface area (Å²) in [6.07, 6.45) is 0.254. The predicted molar refractivity (Wildman–Crippen MR) is 71.6 cm³/mol. The third-order valence-electron chi connectivity index (χ3n) is 2.79. The van der Waals surface area contributed by atoms with Crippen LogP contribution in [0.15, 0.2) is 0 Å². The van der Waals surface area contributed by atoms with Crippen LogP contribution < -0.4 is 5.32 Å². The molecule has 0 aromatic heterocycles. The Morgan fingerprint density at radius 2 is 2.00 bits per heavy atom. The van der Waals surface area contributed by atoms with Crippen LogP contribution in [0.4, 0.5) is 4.79 Å². The summed E-state index contributed by atoms with van der Waals surface area (Å²) < 4.78 is 0. The fourth-order valence-electron chi connectivity index (χ4n) is 1.79. The van der Waals surface area contributed by atoms with Crippen LogP contribution in [-0.4, -0.2) is 46.1 Å². The van der Waals surface area contributed by atoms with Crippen molar-refractivity contribution in [2.24, 2.45) is 5.92 Å². The van der Waals surface area contributed by atoms with Crippen molar-refractivity contribution in [1.29, 1.82) is 0 Å². The normalized spacial score (nSPS) is 17.6. The van der Waals surface area contributed by atoms with E-state index in [0.717, 1.165) is 16.7 Å². The van der Waals surface area contributed by atoms with Crippen LogP contribution in [0.3, 0.4) is 0 Å². The number of hydrogen-bond acceptors (Lipinski definition) is 5. The number of imide groups is 1. The van der Waals surface area contributed by atoms with E-state index in [1.54, 1.807) is 0 Å². The first-order valence-corrected chi connectivity index (χ1v) is 7.08. The Morgan fingerprint density at radius 1 is 1.37 bits per heavy atom. The molecule has 0 aliphatic carbocycles. The SMILES string of the molecule is CC(=O)C(NC(=O)CN1C(=O)CCSC1=O)C(C)C. The maximum absolute atomic E-state index is 11.8. The number of hydrogen-bond donors (Lipinski definition) is 1. The summed E-state index contributed by atoms with van der Waals surface area (Å²) in [4.78, 5) is 47.2. The van der Waals surface area contributed by atoms with Crippen LogP contribution in [-0.2, 0) is 14.4 Å². The first-order valence-electron chi connectivity index (χ1n) is 6.10. The molecule has 0 radical (unpaired) electrons. The van der Waals surface area contributed by atoms with Crippen molar-refractivity contribution in [3.05, 3.63) is 0 Å². The number of Topliss-reactive ketones (excluding diaryl/α,β-unsaturated/α-hetero) is 1. The minimum Gasteiger partial charge on any atom is -0.344 e. The molecular formula is C12H18N2O4S. The zero-order valence-corrected chi connectivity index (χ0v) is 12.1. The summed E-state index contributed by atoms with van der Waals surface area (Å²) in [5.41, 5.74) is 0. The number of carbonyl (C=O) groups is 4. The van der Waals surface area contributed by atoms with Crippen molar-refractivity contribution in [2.45, 2.75) is 33.2 Å². The molecule has 0 bridgehead atoms. The van der Waals surface area contributed by atoms with E-state index >= 15 is 0 Å². The van der Waals surface area contributed by atoms with Crippen LogP contribution in [0.1, 0.15) is 27.2 Å². The van der Waals surface area contributed by atoms with Gasteiger partial charge in [-0.15, -0.1) is 0 Å². The molecule has 1 aliphatic heterocycles. The van der Waals surface area contributed by atoms with Gasteiger partial charge in [-0.25, -0.2) is 0 Å². The van der Waals surface area contributed by atoms with E-state index in [1.807, 2.05) is 13.8 Å². The summed E-state index contributed by atoms with van der Waals surface area (Å²) in [7, 11) is 0. The van der Waals surface area contributed by atoms with E-state index in [1.165, 1.54) is 6.92 Å². The Labute approximate surface area is 116 Å². The lowest BCUT2D eigenvalue weighted by Crippen LogP contribution is -2.50. The standard InChI is InChI=1S/C12H18N2O4S/c1-7(2)11(8(3)15)13-9(16)6-14-10(17)4-5-19-12(14)18/h7,11H,4-6H2,1-3H3,(H,13,16). The largest absolute Gasteiger partial charge is 0.344 e. The van der Waals surface area contributed by atoms with Crippen LogP contribution in [0.2, 0.25) is 0 Å². The molecule has 1 fully saturated rings. The number of thioether (sulfide) groups is 1. The Morgan fingerprint density at radius 3 is 2.47 bits per heavy atom. The minimum atomic E-state index is -0.588. The van der Waals surface area contributed by atoms with E-state index in [0.29, 0.717) is 5.75 Å². The van der Waals surface area contributed by atoms with E-state index in [2.05, 4.69) is 5.32 Å². The molecule has 106 valence electrons. The Balaban J connectivity index is 2.61. The fourth-order valence-corrected chi connectivity index (χ4v) is 2.57. The molecule has 1 atom stereocenters. The van der Waals surface area contributed by atoms with Crippen molar-refractivity contribution in [3.63, 3.8) is 0 Å². The molecule has 7 heteroatoms. The molecule has 1 aliphatic rings. The third-order valence-corrected chi connectivity index (χ3v) is 3.66. The molecular weight excluding hydrogens is 268 g/mol. The van der Waals surface area contributed by atoms with Gasteiger partial charge in [0.1, 0.15) is 6.54 Å². The lowest BCUT2D eigenvalue weighted by Gasteiger charge is -2.25. The molecule has 0 spiro atoms. The molecule has 0 saturated carbocycles. The van der Waals surface area contributed by atoms with Gasteiger partial charge in [0.2, 0.25) is 11.8 Å². The van der Waals surface area contributed by atoms with Crippen molar-refractivity contribution in [3.8, 4) is 0 Å². The molecule has 3 amide bonds. The number of nitrogens with zero attached hydrogens (tertiary/aromatic N) is 1. The Hall–Kier alpha value is -1.37. The highest BCUT2D eigenvalue weighted by Crippen LogP contribution is 2.17. The summed E-state index contributed by atoms with van der Waals surface area (Å²) in [5, 5.41) is 2.15. The maximum atomic E-state index is 11.8. The van der Waals surface area contributed by atoms with Gasteiger partial charge in [-0.1, -0.05) is 25.6 Å². The van der Waals surface area contributed by atoms with Crippen LogP contribution in [0, 0.1) is 5.92 Å². The quantitative estimate of drug-likeness (QED) is 0.808. The predicted octanol–water partition coefficient (Wildman–Crippen LogP) is 0.802. The molecule has 6 nitrogen and oxygen atoms in total. The van der Waals surface area contributed by atoms with Crippen molar-refractivity contribution in [2.75, 3.05) is 12.3 Å². The average molecular weight is 286 g/mol. The van der Waals surface area contributed by atoms with Gasteiger partial charge in [-0.3, -0.25) is 24.1 Å². The van der Waals surface area contributed by atoms with E-state index < -0.39 is 17.2 Å². The zero-order chi connectivity index (χ0) is 14.6. The Bertz CT molecular complexity index is 393. The maximum Gasteiger partial charge on any atom is 0.288 e. The molecule has 19 heavy (non-hydrogen) atoms. The van der Waals surface area contributed by atoms with Crippen molar-refractivity contribution >= 4 is 34.6 Å². The molecule has 1 saturated heterocycles. The van der Waals surface area contributed by atoms with Gasteiger partial charge in [-0.2, -0.15) is 0 Å². The highest BCUT2D eigenvalue weighted by molar-refractivity contribution is 8.13. The van der Waals surface area contributed by atoms with Gasteiger partial charge in [0.15, 0.2) is 5.78 Å². The first-order chi connectivity index (χ1) is 8.82. The molecule has 1 heterocycles. The Kier molecular flexibility index (Phi) is 5.53. The van der Waals surface area contributed by atoms with Gasteiger partial charge in [0.25, 0.3) is 5.24 Å².